The largest absolute Gasteiger partial charge is 0.458 e. The molecule has 2 bridgehead atoms. The molecule has 0 aromatic carbocycles. The van der Waals surface area contributed by atoms with E-state index in [0.29, 0.717) is 6.42 Å². The summed E-state index contributed by atoms with van der Waals surface area (Å²) in [7, 11) is 0. The molecule has 17 heavy (non-hydrogen) atoms. The highest BCUT2D eigenvalue weighted by Gasteiger charge is 2.70. The number of carbonyl (C=O) groups is 1. The molecule has 2 heteroatoms. The number of hydrogen-bond donors (Lipinski definition) is 0. The Hall–Kier alpha value is -0.530. The molecule has 0 heterocycles. The highest BCUT2D eigenvalue weighted by molar-refractivity contribution is 5.69. The number of esters is 1. The molecule has 2 aliphatic rings. The zero-order valence-electron chi connectivity index (χ0n) is 11.9. The van der Waals surface area contributed by atoms with Crippen LogP contribution in [0.2, 0.25) is 0 Å². The van der Waals surface area contributed by atoms with Gasteiger partial charge in [-0.2, -0.15) is 0 Å². The predicted molar refractivity (Wildman–Crippen MR) is 68.6 cm³/mol. The Morgan fingerprint density at radius 2 is 1.94 bits per heavy atom. The number of rotatable bonds is 3. The second-order valence-corrected chi connectivity index (χ2v) is 6.73. The van der Waals surface area contributed by atoms with Crippen LogP contribution >= 0.6 is 0 Å². The molecule has 98 valence electrons. The van der Waals surface area contributed by atoms with Crippen LogP contribution in [0.15, 0.2) is 0 Å². The molecule has 2 saturated carbocycles. The number of ether oxygens (including phenoxy) is 1. The van der Waals surface area contributed by atoms with Crippen LogP contribution in [-0.4, -0.2) is 11.6 Å². The molecule has 3 unspecified atom stereocenters. The molecule has 0 radical (unpaired) electrons. The van der Waals surface area contributed by atoms with Crippen molar-refractivity contribution in [2.45, 2.75) is 72.3 Å². The Labute approximate surface area is 105 Å². The van der Waals surface area contributed by atoms with Crippen molar-refractivity contribution in [2.75, 3.05) is 0 Å². The molecule has 3 atom stereocenters. The zero-order valence-corrected chi connectivity index (χ0v) is 11.9. The van der Waals surface area contributed by atoms with Gasteiger partial charge in [0.05, 0.1) is 0 Å². The third-order valence-corrected chi connectivity index (χ3v) is 5.85. The van der Waals surface area contributed by atoms with Crippen LogP contribution < -0.4 is 0 Å². The van der Waals surface area contributed by atoms with Gasteiger partial charge in [-0.3, -0.25) is 4.79 Å². The molecular weight excluding hydrogens is 212 g/mol. The maximum atomic E-state index is 11.8. The molecule has 0 amide bonds. The molecule has 2 nitrogen and oxygen atoms in total. The van der Waals surface area contributed by atoms with E-state index in [2.05, 4.69) is 27.7 Å². The van der Waals surface area contributed by atoms with Crippen molar-refractivity contribution >= 4 is 5.97 Å². The van der Waals surface area contributed by atoms with Crippen molar-refractivity contribution in [3.05, 3.63) is 0 Å². The van der Waals surface area contributed by atoms with E-state index < -0.39 is 0 Å². The van der Waals surface area contributed by atoms with Gasteiger partial charge in [-0.1, -0.05) is 34.6 Å². The van der Waals surface area contributed by atoms with Crippen LogP contribution in [-0.2, 0) is 9.53 Å². The summed E-state index contributed by atoms with van der Waals surface area (Å²) in [6.07, 6.45) is 5.17. The lowest BCUT2D eigenvalue weighted by Gasteiger charge is -2.53. The van der Waals surface area contributed by atoms with Crippen LogP contribution in [0.4, 0.5) is 0 Å². The Morgan fingerprint density at radius 1 is 1.29 bits per heavy atom. The average Bonchev–Trinajstić information content (AvgIpc) is 2.74. The minimum Gasteiger partial charge on any atom is -0.458 e. The van der Waals surface area contributed by atoms with Crippen LogP contribution in [0.1, 0.15) is 66.7 Å². The van der Waals surface area contributed by atoms with Gasteiger partial charge in [0.15, 0.2) is 0 Å². The van der Waals surface area contributed by atoms with E-state index in [4.69, 9.17) is 4.74 Å². The van der Waals surface area contributed by atoms with Gasteiger partial charge in [0.25, 0.3) is 0 Å². The minimum absolute atomic E-state index is 0.0336. The summed E-state index contributed by atoms with van der Waals surface area (Å²) < 4.78 is 6.01. The molecular formula is C15H26O2. The van der Waals surface area contributed by atoms with E-state index in [1.807, 2.05) is 6.92 Å². The van der Waals surface area contributed by atoms with E-state index in [0.717, 1.165) is 12.3 Å². The van der Waals surface area contributed by atoms with Gasteiger partial charge in [-0.15, -0.1) is 0 Å². The van der Waals surface area contributed by atoms with E-state index >= 15 is 0 Å². The number of hydrogen-bond acceptors (Lipinski definition) is 2. The molecule has 2 rings (SSSR count). The second kappa shape index (κ2) is 3.73. The summed E-state index contributed by atoms with van der Waals surface area (Å²) in [5.74, 6) is 0.686. The van der Waals surface area contributed by atoms with Crippen molar-refractivity contribution in [3.8, 4) is 0 Å². The first-order valence-corrected chi connectivity index (χ1v) is 7.05. The first kappa shape index (κ1) is 12.9. The smallest absolute Gasteiger partial charge is 0.306 e. The number of fused-ring (bicyclic) bond motifs is 2. The average molecular weight is 238 g/mol. The zero-order chi connectivity index (χ0) is 12.9. The maximum Gasteiger partial charge on any atom is 0.306 e. The van der Waals surface area contributed by atoms with Gasteiger partial charge in [-0.25, -0.2) is 0 Å². The fraction of sp³-hybridized carbons (Fsp3) is 0.933. The highest BCUT2D eigenvalue weighted by Crippen LogP contribution is 2.70. The molecule has 0 spiro atoms. The summed E-state index contributed by atoms with van der Waals surface area (Å²) in [6.45, 7) is 11.0. The van der Waals surface area contributed by atoms with E-state index in [1.54, 1.807) is 0 Å². The predicted octanol–water partition coefficient (Wildman–Crippen LogP) is 3.93. The monoisotopic (exact) mass is 238 g/mol. The number of carbonyl (C=O) groups excluding carboxylic acids is 1. The molecule has 2 fully saturated rings. The summed E-state index contributed by atoms with van der Waals surface area (Å²) in [6, 6.07) is 0. The first-order valence-electron chi connectivity index (χ1n) is 7.05. The van der Waals surface area contributed by atoms with E-state index in [9.17, 15) is 4.79 Å². The van der Waals surface area contributed by atoms with Crippen molar-refractivity contribution in [2.24, 2.45) is 16.7 Å². The summed E-state index contributed by atoms with van der Waals surface area (Å²) in [5, 5.41) is 0. The summed E-state index contributed by atoms with van der Waals surface area (Å²) in [5.41, 5.74) is 0.0797. The fourth-order valence-corrected chi connectivity index (χ4v) is 4.81. The fourth-order valence-electron chi connectivity index (χ4n) is 4.81. The Morgan fingerprint density at radius 3 is 2.35 bits per heavy atom. The Bertz CT molecular complexity index is 327. The molecule has 0 aromatic rings. The topological polar surface area (TPSA) is 26.3 Å². The molecule has 0 aliphatic heterocycles. The van der Waals surface area contributed by atoms with Gasteiger partial charge in [0.2, 0.25) is 0 Å². The van der Waals surface area contributed by atoms with Crippen molar-refractivity contribution in [1.29, 1.82) is 0 Å². The van der Waals surface area contributed by atoms with Crippen LogP contribution in [0.3, 0.4) is 0 Å². The lowest BCUT2D eigenvalue weighted by atomic mass is 9.59. The summed E-state index contributed by atoms with van der Waals surface area (Å²) in [4.78, 5) is 11.8. The molecule has 2 aliphatic carbocycles. The normalized spacial score (nSPS) is 42.8. The summed E-state index contributed by atoms with van der Waals surface area (Å²) >= 11 is 0. The lowest BCUT2D eigenvalue weighted by molar-refractivity contribution is -0.200. The van der Waals surface area contributed by atoms with Crippen LogP contribution in [0, 0.1) is 16.7 Å². The highest BCUT2D eigenvalue weighted by atomic mass is 16.6. The van der Waals surface area contributed by atoms with Gasteiger partial charge < -0.3 is 4.74 Å². The molecule has 0 saturated heterocycles. The second-order valence-electron chi connectivity index (χ2n) is 6.73. The van der Waals surface area contributed by atoms with Gasteiger partial charge in [0, 0.05) is 17.3 Å². The molecule has 0 aromatic heterocycles. The molecule has 0 N–H and O–H groups in total. The van der Waals surface area contributed by atoms with Gasteiger partial charge in [-0.05, 0) is 31.6 Å². The Balaban J connectivity index is 2.40. The third kappa shape index (κ3) is 1.42. The van der Waals surface area contributed by atoms with E-state index in [1.165, 1.54) is 19.3 Å². The minimum atomic E-state index is -0.240. The standard InChI is InChI=1S/C15H26O2/c1-6-12(16)17-15(7-2)13(3,4)11-8-9-14(15,5)10-11/h11H,6-10H2,1-5H3. The quantitative estimate of drug-likeness (QED) is 0.696. The third-order valence-electron chi connectivity index (χ3n) is 5.85. The van der Waals surface area contributed by atoms with Crippen molar-refractivity contribution in [1.82, 2.24) is 0 Å². The van der Waals surface area contributed by atoms with Gasteiger partial charge >= 0.3 is 5.97 Å². The SMILES string of the molecule is CCC(=O)OC1(CC)C2(C)CCC(C2)C1(C)C. The first-order chi connectivity index (χ1) is 7.83. The lowest BCUT2D eigenvalue weighted by Crippen LogP contribution is -2.56. The van der Waals surface area contributed by atoms with Gasteiger partial charge in [0.1, 0.15) is 5.60 Å². The Kier molecular flexibility index (Phi) is 2.83. The van der Waals surface area contributed by atoms with Crippen LogP contribution in [0.25, 0.3) is 0 Å². The van der Waals surface area contributed by atoms with E-state index in [-0.39, 0.29) is 22.4 Å². The maximum absolute atomic E-state index is 11.8. The van der Waals surface area contributed by atoms with Crippen molar-refractivity contribution in [3.63, 3.8) is 0 Å². The van der Waals surface area contributed by atoms with Crippen LogP contribution in [0.5, 0.6) is 0 Å². The van der Waals surface area contributed by atoms with Crippen molar-refractivity contribution < 1.29 is 9.53 Å².